The molecule has 1 aromatic rings. The Hall–Kier alpha value is -0.990. The monoisotopic (exact) mass is 235 g/mol. The molecule has 96 valence electrons. The largest absolute Gasteiger partial charge is 0.356 e. The molecule has 1 aliphatic carbocycles. The van der Waals surface area contributed by atoms with Gasteiger partial charge in [0.1, 0.15) is 0 Å². The number of imidazole rings is 1. The second-order valence-electron chi connectivity index (χ2n) is 5.39. The van der Waals surface area contributed by atoms with Crippen molar-refractivity contribution in [3.63, 3.8) is 0 Å². The molecular weight excluding hydrogens is 210 g/mol. The molecule has 0 amide bonds. The molecule has 1 N–H and O–H groups in total. The van der Waals surface area contributed by atoms with Gasteiger partial charge in [0.15, 0.2) is 0 Å². The van der Waals surface area contributed by atoms with Crippen LogP contribution in [0.25, 0.3) is 0 Å². The van der Waals surface area contributed by atoms with E-state index in [1.807, 2.05) is 6.20 Å². The summed E-state index contributed by atoms with van der Waals surface area (Å²) in [7, 11) is 0. The Labute approximate surface area is 105 Å². The third kappa shape index (κ3) is 3.48. The Balaban J connectivity index is 1.79. The summed E-state index contributed by atoms with van der Waals surface area (Å²) in [6, 6.07) is 0. The van der Waals surface area contributed by atoms with E-state index in [1.165, 1.54) is 32.1 Å². The first-order chi connectivity index (χ1) is 8.29. The highest BCUT2D eigenvalue weighted by Crippen LogP contribution is 2.30. The number of aryl methyl sites for hydroxylation is 1. The van der Waals surface area contributed by atoms with E-state index in [4.69, 9.17) is 0 Å². The first-order valence-corrected chi connectivity index (χ1v) is 7.04. The maximum atomic E-state index is 4.33. The Bertz CT molecular complexity index is 324. The van der Waals surface area contributed by atoms with E-state index < -0.39 is 0 Å². The molecule has 3 nitrogen and oxygen atoms in total. The third-order valence-electron chi connectivity index (χ3n) is 3.96. The molecule has 2 rings (SSSR count). The van der Waals surface area contributed by atoms with Gasteiger partial charge in [-0.1, -0.05) is 32.6 Å². The lowest BCUT2D eigenvalue weighted by Gasteiger charge is -2.26. The van der Waals surface area contributed by atoms with Crippen LogP contribution >= 0.6 is 0 Å². The van der Waals surface area contributed by atoms with Crippen LogP contribution in [-0.4, -0.2) is 16.1 Å². The quantitative estimate of drug-likeness (QED) is 0.846. The van der Waals surface area contributed by atoms with Crippen LogP contribution in [0.5, 0.6) is 0 Å². The lowest BCUT2D eigenvalue weighted by molar-refractivity contribution is 0.269. The summed E-state index contributed by atoms with van der Waals surface area (Å²) < 4.78 is 2.25. The zero-order chi connectivity index (χ0) is 12.1. The van der Waals surface area contributed by atoms with Crippen molar-refractivity contribution < 1.29 is 0 Å². The van der Waals surface area contributed by atoms with Crippen molar-refractivity contribution in [3.05, 3.63) is 12.4 Å². The molecule has 3 heteroatoms. The van der Waals surface area contributed by atoms with Gasteiger partial charge in [0, 0.05) is 25.5 Å². The van der Waals surface area contributed by atoms with Crippen LogP contribution in [0.15, 0.2) is 12.4 Å². The van der Waals surface area contributed by atoms with Crippen LogP contribution in [0.3, 0.4) is 0 Å². The summed E-state index contributed by atoms with van der Waals surface area (Å²) in [6.07, 6.45) is 11.0. The molecule has 0 unspecified atom stereocenters. The van der Waals surface area contributed by atoms with Gasteiger partial charge in [-0.3, -0.25) is 0 Å². The minimum Gasteiger partial charge on any atom is -0.356 e. The Morgan fingerprint density at radius 1 is 1.35 bits per heavy atom. The Morgan fingerprint density at radius 3 is 2.82 bits per heavy atom. The van der Waals surface area contributed by atoms with E-state index >= 15 is 0 Å². The molecule has 0 radical (unpaired) electrons. The predicted molar refractivity (Wildman–Crippen MR) is 72.1 cm³/mol. The van der Waals surface area contributed by atoms with Crippen molar-refractivity contribution in [1.29, 1.82) is 0 Å². The maximum Gasteiger partial charge on any atom is 0.202 e. The van der Waals surface area contributed by atoms with Gasteiger partial charge in [-0.25, -0.2) is 4.98 Å². The van der Waals surface area contributed by atoms with Crippen molar-refractivity contribution in [2.45, 2.75) is 52.5 Å². The molecule has 1 saturated carbocycles. The van der Waals surface area contributed by atoms with E-state index in [9.17, 15) is 0 Å². The Morgan fingerprint density at radius 2 is 2.12 bits per heavy atom. The van der Waals surface area contributed by atoms with Crippen LogP contribution in [0, 0.1) is 11.8 Å². The summed E-state index contributed by atoms with van der Waals surface area (Å²) in [4.78, 5) is 4.33. The zero-order valence-electron chi connectivity index (χ0n) is 11.2. The zero-order valence-corrected chi connectivity index (χ0v) is 11.2. The molecule has 1 aliphatic rings. The number of hydrogen-bond acceptors (Lipinski definition) is 2. The van der Waals surface area contributed by atoms with Crippen molar-refractivity contribution >= 4 is 5.95 Å². The van der Waals surface area contributed by atoms with Gasteiger partial charge in [-0.15, -0.1) is 0 Å². The van der Waals surface area contributed by atoms with Crippen LogP contribution in [-0.2, 0) is 6.54 Å². The summed E-state index contributed by atoms with van der Waals surface area (Å²) in [5, 5.41) is 3.30. The number of hydrogen-bond donors (Lipinski definition) is 1. The topological polar surface area (TPSA) is 29.9 Å². The highest BCUT2D eigenvalue weighted by atomic mass is 15.2. The second-order valence-corrected chi connectivity index (χ2v) is 5.39. The first kappa shape index (κ1) is 12.5. The van der Waals surface area contributed by atoms with Crippen molar-refractivity contribution in [1.82, 2.24) is 9.55 Å². The highest BCUT2D eigenvalue weighted by molar-refractivity contribution is 5.25. The second kappa shape index (κ2) is 6.08. The van der Waals surface area contributed by atoms with Crippen LogP contribution in [0.2, 0.25) is 0 Å². The number of nitrogens with one attached hydrogen (secondary N) is 1. The third-order valence-corrected chi connectivity index (χ3v) is 3.96. The van der Waals surface area contributed by atoms with E-state index in [-0.39, 0.29) is 0 Å². The summed E-state index contributed by atoms with van der Waals surface area (Å²) in [5.41, 5.74) is 0. The lowest BCUT2D eigenvalue weighted by Crippen LogP contribution is -2.15. The van der Waals surface area contributed by atoms with Gasteiger partial charge in [0.25, 0.3) is 0 Å². The fraction of sp³-hybridized carbons (Fsp3) is 0.786. The summed E-state index contributed by atoms with van der Waals surface area (Å²) in [6.45, 7) is 6.55. The van der Waals surface area contributed by atoms with Crippen molar-refractivity contribution in [2.75, 3.05) is 11.9 Å². The number of aromatic nitrogens is 2. The number of anilines is 1. The highest BCUT2D eigenvalue weighted by Gasteiger charge is 2.18. The minimum atomic E-state index is 0.933. The first-order valence-electron chi connectivity index (χ1n) is 7.04. The average Bonchev–Trinajstić information content (AvgIpc) is 2.77. The number of rotatable bonds is 5. The van der Waals surface area contributed by atoms with E-state index in [0.717, 1.165) is 30.9 Å². The molecule has 17 heavy (non-hydrogen) atoms. The molecule has 0 saturated heterocycles. The standard InChI is InChI=1S/C14H25N3/c1-3-15-14-16-9-11-17(14)10-8-13-6-4-12(2)5-7-13/h9,11-13H,3-8,10H2,1-2H3,(H,15,16). The van der Waals surface area contributed by atoms with E-state index in [0.29, 0.717) is 0 Å². The van der Waals surface area contributed by atoms with Gasteiger partial charge < -0.3 is 9.88 Å². The summed E-state index contributed by atoms with van der Waals surface area (Å²) >= 11 is 0. The summed E-state index contributed by atoms with van der Waals surface area (Å²) in [5.74, 6) is 2.91. The molecular formula is C14H25N3. The molecule has 0 bridgehead atoms. The van der Waals surface area contributed by atoms with Gasteiger partial charge in [0.2, 0.25) is 5.95 Å². The van der Waals surface area contributed by atoms with E-state index in [2.05, 4.69) is 34.9 Å². The fourth-order valence-corrected chi connectivity index (χ4v) is 2.75. The SMILES string of the molecule is CCNc1nccn1CCC1CCC(C)CC1. The van der Waals surface area contributed by atoms with Crippen LogP contribution in [0.4, 0.5) is 5.95 Å². The van der Waals surface area contributed by atoms with Gasteiger partial charge in [-0.05, 0) is 25.2 Å². The van der Waals surface area contributed by atoms with Gasteiger partial charge >= 0.3 is 0 Å². The molecule has 1 aromatic heterocycles. The van der Waals surface area contributed by atoms with Crippen molar-refractivity contribution in [2.24, 2.45) is 11.8 Å². The Kier molecular flexibility index (Phi) is 4.46. The van der Waals surface area contributed by atoms with Crippen LogP contribution in [0.1, 0.15) is 46.0 Å². The maximum absolute atomic E-state index is 4.33. The van der Waals surface area contributed by atoms with Gasteiger partial charge in [0.05, 0.1) is 0 Å². The minimum absolute atomic E-state index is 0.933. The smallest absolute Gasteiger partial charge is 0.202 e. The average molecular weight is 235 g/mol. The molecule has 1 heterocycles. The van der Waals surface area contributed by atoms with Crippen LogP contribution < -0.4 is 5.32 Å². The predicted octanol–water partition coefficient (Wildman–Crippen LogP) is 3.53. The lowest BCUT2D eigenvalue weighted by atomic mass is 9.81. The van der Waals surface area contributed by atoms with Crippen molar-refractivity contribution in [3.8, 4) is 0 Å². The molecule has 0 aliphatic heterocycles. The molecule has 0 atom stereocenters. The van der Waals surface area contributed by atoms with E-state index in [1.54, 1.807) is 0 Å². The molecule has 0 spiro atoms. The molecule has 0 aromatic carbocycles. The fourth-order valence-electron chi connectivity index (χ4n) is 2.75. The number of nitrogens with zero attached hydrogens (tertiary/aromatic N) is 2. The normalized spacial score (nSPS) is 24.8. The molecule has 1 fully saturated rings. The van der Waals surface area contributed by atoms with Gasteiger partial charge in [-0.2, -0.15) is 0 Å².